The molecular formula is C17H21FN4O3. The number of carbonyl (C=O) groups excluding carboxylic acids is 2. The molecule has 134 valence electrons. The van der Waals surface area contributed by atoms with Crippen LogP contribution in [0.4, 0.5) is 9.18 Å². The quantitative estimate of drug-likeness (QED) is 0.838. The van der Waals surface area contributed by atoms with Crippen molar-refractivity contribution < 1.29 is 18.7 Å². The molecule has 0 bridgehead atoms. The summed E-state index contributed by atoms with van der Waals surface area (Å²) >= 11 is 0. The molecule has 0 fully saturated rings. The summed E-state index contributed by atoms with van der Waals surface area (Å²) in [5, 5.41) is 9.44. The first-order valence-electron chi connectivity index (χ1n) is 7.92. The molecule has 2 amide bonds. The molecule has 0 aliphatic rings. The topological polar surface area (TPSA) is 85.2 Å². The van der Waals surface area contributed by atoms with Crippen LogP contribution in [-0.4, -0.2) is 34.9 Å². The molecule has 1 aromatic carbocycles. The first kappa shape index (κ1) is 18.4. The largest absolute Gasteiger partial charge is 0.450 e. The summed E-state index contributed by atoms with van der Waals surface area (Å²) in [7, 11) is 0. The van der Waals surface area contributed by atoms with Gasteiger partial charge in [-0.1, -0.05) is 0 Å². The average molecular weight is 348 g/mol. The summed E-state index contributed by atoms with van der Waals surface area (Å²) in [5.74, 6) is -0.655. The zero-order chi connectivity index (χ0) is 18.4. The number of nitrogens with zero attached hydrogens (tertiary/aromatic N) is 2. The maximum absolute atomic E-state index is 13.0. The molecule has 0 radical (unpaired) electrons. The molecule has 1 heterocycles. The van der Waals surface area contributed by atoms with Crippen molar-refractivity contribution in [3.05, 3.63) is 47.5 Å². The Hall–Kier alpha value is -2.90. The van der Waals surface area contributed by atoms with Crippen molar-refractivity contribution in [2.24, 2.45) is 0 Å². The van der Waals surface area contributed by atoms with E-state index in [1.54, 1.807) is 29.9 Å². The number of alkyl carbamates (subject to hydrolysis) is 1. The lowest BCUT2D eigenvalue weighted by atomic mass is 10.1. The molecule has 0 saturated heterocycles. The number of aromatic nitrogens is 2. The van der Waals surface area contributed by atoms with Gasteiger partial charge >= 0.3 is 6.09 Å². The number of rotatable bonds is 6. The van der Waals surface area contributed by atoms with E-state index in [1.807, 2.05) is 13.8 Å². The van der Waals surface area contributed by atoms with Gasteiger partial charge in [-0.25, -0.2) is 13.9 Å². The average Bonchev–Trinajstić information content (AvgIpc) is 2.96. The molecule has 25 heavy (non-hydrogen) atoms. The van der Waals surface area contributed by atoms with Crippen molar-refractivity contribution >= 4 is 12.0 Å². The van der Waals surface area contributed by atoms with Gasteiger partial charge in [-0.05, 0) is 45.0 Å². The zero-order valence-electron chi connectivity index (χ0n) is 14.4. The van der Waals surface area contributed by atoms with Crippen LogP contribution in [0, 0.1) is 12.7 Å². The van der Waals surface area contributed by atoms with Gasteiger partial charge in [-0.3, -0.25) is 4.79 Å². The van der Waals surface area contributed by atoms with E-state index in [-0.39, 0.29) is 30.9 Å². The summed E-state index contributed by atoms with van der Waals surface area (Å²) in [6, 6.07) is 5.69. The van der Waals surface area contributed by atoms with Gasteiger partial charge in [0.05, 0.1) is 24.5 Å². The molecule has 2 rings (SSSR count). The second-order valence-corrected chi connectivity index (χ2v) is 5.44. The van der Waals surface area contributed by atoms with Crippen LogP contribution in [0.1, 0.15) is 31.1 Å². The number of nitrogens with one attached hydrogen (secondary N) is 2. The molecule has 2 aromatic rings. The Morgan fingerprint density at radius 2 is 2.00 bits per heavy atom. The Morgan fingerprint density at radius 1 is 1.32 bits per heavy atom. The van der Waals surface area contributed by atoms with E-state index in [0.29, 0.717) is 0 Å². The monoisotopic (exact) mass is 348 g/mol. The summed E-state index contributed by atoms with van der Waals surface area (Å²) in [6.07, 6.45) is 1.02. The smallest absolute Gasteiger partial charge is 0.407 e. The van der Waals surface area contributed by atoms with Gasteiger partial charge in [0.2, 0.25) is 5.91 Å². The van der Waals surface area contributed by atoms with E-state index in [9.17, 15) is 14.0 Å². The summed E-state index contributed by atoms with van der Waals surface area (Å²) in [4.78, 5) is 23.1. The Balaban J connectivity index is 2.00. The van der Waals surface area contributed by atoms with Crippen LogP contribution in [0.2, 0.25) is 0 Å². The molecule has 0 aliphatic heterocycles. The molecule has 2 N–H and O–H groups in total. The highest BCUT2D eigenvalue weighted by Gasteiger charge is 2.16. The van der Waals surface area contributed by atoms with E-state index in [0.717, 1.165) is 16.9 Å². The molecule has 0 saturated carbocycles. The van der Waals surface area contributed by atoms with Crippen LogP contribution in [0.25, 0.3) is 5.69 Å². The molecule has 7 nitrogen and oxygen atoms in total. The Morgan fingerprint density at radius 3 is 2.64 bits per heavy atom. The fraction of sp³-hybridized carbons (Fsp3) is 0.353. The molecule has 0 aliphatic carbocycles. The number of hydrogen-bond donors (Lipinski definition) is 2. The zero-order valence-corrected chi connectivity index (χ0v) is 14.4. The van der Waals surface area contributed by atoms with Gasteiger partial charge in [0, 0.05) is 11.3 Å². The van der Waals surface area contributed by atoms with Crippen LogP contribution in [0.15, 0.2) is 30.5 Å². The lowest BCUT2D eigenvalue weighted by Gasteiger charge is -2.14. The van der Waals surface area contributed by atoms with Crippen LogP contribution >= 0.6 is 0 Å². The Bertz CT molecular complexity index is 743. The van der Waals surface area contributed by atoms with Gasteiger partial charge in [-0.2, -0.15) is 5.10 Å². The van der Waals surface area contributed by atoms with Crippen molar-refractivity contribution in [2.75, 3.05) is 13.2 Å². The highest BCUT2D eigenvalue weighted by atomic mass is 19.1. The number of hydrogen-bond acceptors (Lipinski definition) is 4. The Kier molecular flexibility index (Phi) is 6.10. The van der Waals surface area contributed by atoms with Crippen LogP contribution < -0.4 is 10.6 Å². The van der Waals surface area contributed by atoms with E-state index in [4.69, 9.17) is 4.74 Å². The second kappa shape index (κ2) is 8.27. The summed E-state index contributed by atoms with van der Waals surface area (Å²) in [6.45, 7) is 5.44. The third-order valence-corrected chi connectivity index (χ3v) is 3.63. The van der Waals surface area contributed by atoms with E-state index in [1.165, 1.54) is 12.1 Å². The lowest BCUT2D eigenvalue weighted by Crippen LogP contribution is -2.38. The lowest BCUT2D eigenvalue weighted by molar-refractivity contribution is -0.120. The number of carbonyl (C=O) groups is 2. The first-order valence-corrected chi connectivity index (χ1v) is 7.92. The number of ether oxygens (including phenoxy) is 1. The normalized spacial score (nSPS) is 11.7. The minimum Gasteiger partial charge on any atom is -0.450 e. The molecule has 8 heteroatoms. The molecule has 1 atom stereocenters. The SMILES string of the molecule is CCOC(=O)NCC(=O)N[C@H](C)c1cnn(-c2ccc(F)cc2)c1C. The predicted molar refractivity (Wildman–Crippen MR) is 89.8 cm³/mol. The van der Waals surface area contributed by atoms with E-state index >= 15 is 0 Å². The minimum atomic E-state index is -0.634. The predicted octanol–water partition coefficient (Wildman–Crippen LogP) is 2.24. The molecular weight excluding hydrogens is 327 g/mol. The highest BCUT2D eigenvalue weighted by Crippen LogP contribution is 2.20. The van der Waals surface area contributed by atoms with Gasteiger partial charge in [0.1, 0.15) is 12.4 Å². The molecule has 1 aromatic heterocycles. The molecule has 0 unspecified atom stereocenters. The van der Waals surface area contributed by atoms with Crippen molar-refractivity contribution in [1.82, 2.24) is 20.4 Å². The number of amides is 2. The number of benzene rings is 1. The fourth-order valence-corrected chi connectivity index (χ4v) is 2.39. The van der Waals surface area contributed by atoms with Gasteiger partial charge < -0.3 is 15.4 Å². The van der Waals surface area contributed by atoms with Crippen molar-refractivity contribution in [3.8, 4) is 5.69 Å². The van der Waals surface area contributed by atoms with Gasteiger partial charge in [0.15, 0.2) is 0 Å². The first-order chi connectivity index (χ1) is 11.9. The minimum absolute atomic E-state index is 0.172. The van der Waals surface area contributed by atoms with Crippen LogP contribution in [0.5, 0.6) is 0 Å². The van der Waals surface area contributed by atoms with Crippen molar-refractivity contribution in [3.63, 3.8) is 0 Å². The molecule has 0 spiro atoms. The Labute approximate surface area is 145 Å². The van der Waals surface area contributed by atoms with Crippen LogP contribution in [0.3, 0.4) is 0 Å². The third-order valence-electron chi connectivity index (χ3n) is 3.63. The second-order valence-electron chi connectivity index (χ2n) is 5.44. The maximum Gasteiger partial charge on any atom is 0.407 e. The van der Waals surface area contributed by atoms with Gasteiger partial charge in [-0.15, -0.1) is 0 Å². The fourth-order valence-electron chi connectivity index (χ4n) is 2.39. The highest BCUT2D eigenvalue weighted by molar-refractivity contribution is 5.82. The van der Waals surface area contributed by atoms with E-state index in [2.05, 4.69) is 15.7 Å². The number of halogens is 1. The van der Waals surface area contributed by atoms with Gasteiger partial charge in [0.25, 0.3) is 0 Å². The summed E-state index contributed by atoms with van der Waals surface area (Å²) < 4.78 is 19.4. The van der Waals surface area contributed by atoms with Crippen molar-refractivity contribution in [1.29, 1.82) is 0 Å². The van der Waals surface area contributed by atoms with Crippen molar-refractivity contribution in [2.45, 2.75) is 26.8 Å². The van der Waals surface area contributed by atoms with E-state index < -0.39 is 6.09 Å². The summed E-state index contributed by atoms with van der Waals surface area (Å²) in [5.41, 5.74) is 2.39. The standard InChI is InChI=1S/C17H21FN4O3/c1-4-25-17(24)19-10-16(23)21-11(2)15-9-20-22(12(15)3)14-7-5-13(18)6-8-14/h5-9,11H,4,10H2,1-3H3,(H,19,24)(H,21,23)/t11-/m1/s1. The maximum atomic E-state index is 13.0. The van der Waals surface area contributed by atoms with Crippen LogP contribution in [-0.2, 0) is 9.53 Å². The third kappa shape index (κ3) is 4.79.